The highest BCUT2D eigenvalue weighted by Crippen LogP contribution is 2.64. The lowest BCUT2D eigenvalue weighted by atomic mass is 9.66. The van der Waals surface area contributed by atoms with Crippen LogP contribution in [0.3, 0.4) is 0 Å². The Morgan fingerprint density at radius 2 is 1.04 bits per heavy atom. The van der Waals surface area contributed by atoms with Crippen molar-refractivity contribution in [3.63, 3.8) is 0 Å². The zero-order valence-electron chi connectivity index (χ0n) is 27.1. The molecule has 10 rings (SSSR count). The van der Waals surface area contributed by atoms with Gasteiger partial charge < -0.3 is 0 Å². The zero-order chi connectivity index (χ0) is 32.3. The van der Waals surface area contributed by atoms with E-state index in [0.717, 1.165) is 33.9 Å². The maximum atomic E-state index is 5.04. The number of hydrogen-bond acceptors (Lipinski definition) is 2. The van der Waals surface area contributed by atoms with Crippen LogP contribution < -0.4 is 0 Å². The fourth-order valence-corrected chi connectivity index (χ4v) is 8.38. The maximum Gasteiger partial charge on any atom is 0.160 e. The van der Waals surface area contributed by atoms with E-state index in [0.29, 0.717) is 23.7 Å². The molecular weight excluding hydrogens is 593 g/mol. The van der Waals surface area contributed by atoms with Gasteiger partial charge in [0, 0.05) is 28.5 Å². The summed E-state index contributed by atoms with van der Waals surface area (Å²) in [5.41, 5.74) is 16.4. The van der Waals surface area contributed by atoms with Crippen LogP contribution in [0.1, 0.15) is 29.0 Å². The van der Waals surface area contributed by atoms with Crippen molar-refractivity contribution < 1.29 is 0 Å². The van der Waals surface area contributed by atoms with Crippen molar-refractivity contribution in [1.82, 2.24) is 9.97 Å². The van der Waals surface area contributed by atoms with E-state index in [4.69, 9.17) is 9.97 Å². The van der Waals surface area contributed by atoms with Crippen LogP contribution in [0.25, 0.3) is 56.2 Å². The molecular formula is C47H34N2. The topological polar surface area (TPSA) is 25.8 Å². The Morgan fingerprint density at radius 3 is 1.73 bits per heavy atom. The van der Waals surface area contributed by atoms with Crippen molar-refractivity contribution >= 4 is 11.1 Å². The summed E-state index contributed by atoms with van der Waals surface area (Å²) in [6, 6.07) is 49.8. The van der Waals surface area contributed by atoms with E-state index >= 15 is 0 Å². The third-order valence-corrected chi connectivity index (χ3v) is 10.8. The van der Waals surface area contributed by atoms with E-state index in [2.05, 4.69) is 146 Å². The van der Waals surface area contributed by atoms with Crippen molar-refractivity contribution in [3.8, 4) is 45.0 Å². The molecule has 0 bridgehead atoms. The summed E-state index contributed by atoms with van der Waals surface area (Å²) in [4.78, 5) is 10.0. The number of rotatable bonds is 5. The minimum atomic E-state index is 0.411. The van der Waals surface area contributed by atoms with Gasteiger partial charge in [-0.15, -0.1) is 0 Å². The first-order valence-corrected chi connectivity index (χ1v) is 17.4. The minimum absolute atomic E-state index is 0.411. The molecule has 49 heavy (non-hydrogen) atoms. The normalized spacial score (nSPS) is 21.3. The molecule has 0 N–H and O–H groups in total. The predicted molar refractivity (Wildman–Crippen MR) is 201 cm³/mol. The Hall–Kier alpha value is -5.86. The molecule has 0 saturated heterocycles. The van der Waals surface area contributed by atoms with Crippen LogP contribution in [-0.2, 0) is 0 Å². The molecule has 2 nitrogen and oxygen atoms in total. The Balaban J connectivity index is 1.01. The summed E-state index contributed by atoms with van der Waals surface area (Å²) >= 11 is 0. The van der Waals surface area contributed by atoms with Crippen LogP contribution in [0.5, 0.6) is 0 Å². The van der Waals surface area contributed by atoms with Gasteiger partial charge in [0.25, 0.3) is 0 Å². The van der Waals surface area contributed by atoms with Crippen molar-refractivity contribution in [2.24, 2.45) is 17.8 Å². The van der Waals surface area contributed by atoms with E-state index in [-0.39, 0.29) is 0 Å². The summed E-state index contributed by atoms with van der Waals surface area (Å²) in [6.45, 7) is 0. The first-order valence-electron chi connectivity index (χ1n) is 17.4. The van der Waals surface area contributed by atoms with E-state index < -0.39 is 0 Å². The smallest absolute Gasteiger partial charge is 0.160 e. The minimum Gasteiger partial charge on any atom is -0.228 e. The van der Waals surface area contributed by atoms with Gasteiger partial charge in [0.15, 0.2) is 5.82 Å². The molecule has 232 valence electrons. The lowest BCUT2D eigenvalue weighted by molar-refractivity contribution is 0.600. The maximum absolute atomic E-state index is 5.04. The molecule has 1 aromatic heterocycles. The quantitative estimate of drug-likeness (QED) is 0.190. The molecule has 4 aliphatic carbocycles. The van der Waals surface area contributed by atoms with Gasteiger partial charge in [-0.1, -0.05) is 163 Å². The lowest BCUT2D eigenvalue weighted by Crippen LogP contribution is -2.24. The van der Waals surface area contributed by atoms with Gasteiger partial charge in [-0.3, -0.25) is 0 Å². The molecule has 1 saturated carbocycles. The van der Waals surface area contributed by atoms with Gasteiger partial charge in [-0.05, 0) is 69.4 Å². The third kappa shape index (κ3) is 4.86. The standard InChI is InChI=1S/C47H34N2/c1-4-12-31(13-5-1)39-27-42-37-25-24-35(26-40(37)41-28-43(41)46(42)38-19-11-10-18-36(38)39)30-20-22-33(23-21-30)45-29-44(32-14-6-2-7-15-32)48-47(49-45)34-16-8-3-9-17-34/h1-27,29,36,38,41,43H,28H2. The van der Waals surface area contributed by atoms with Gasteiger partial charge in [0.2, 0.25) is 0 Å². The molecule has 4 atom stereocenters. The average Bonchev–Trinajstić information content (AvgIpc) is 4.00. The van der Waals surface area contributed by atoms with Gasteiger partial charge in [-0.2, -0.15) is 0 Å². The molecule has 0 amide bonds. The third-order valence-electron chi connectivity index (χ3n) is 10.8. The molecule has 2 heteroatoms. The van der Waals surface area contributed by atoms with E-state index in [9.17, 15) is 0 Å². The van der Waals surface area contributed by atoms with Crippen LogP contribution in [0.15, 0.2) is 175 Å². The van der Waals surface area contributed by atoms with E-state index in [1.165, 1.54) is 45.4 Å². The monoisotopic (exact) mass is 626 g/mol. The summed E-state index contributed by atoms with van der Waals surface area (Å²) < 4.78 is 0. The molecule has 4 aliphatic rings. The summed E-state index contributed by atoms with van der Waals surface area (Å²) in [5.74, 6) is 2.86. The van der Waals surface area contributed by atoms with E-state index in [1.807, 2.05) is 24.3 Å². The van der Waals surface area contributed by atoms with Crippen molar-refractivity contribution in [1.29, 1.82) is 0 Å². The van der Waals surface area contributed by atoms with Gasteiger partial charge in [0.1, 0.15) is 0 Å². The SMILES string of the molecule is C1=CC2C(c3ccccc3)=CC3=C(C2C=C1)C1CC1c1cc(-c2ccc(-c4cc(-c5ccccc5)nc(-c5ccccc5)n4)cc2)ccc13. The number of fused-ring (bicyclic) bond motifs is 7. The Bertz CT molecular complexity index is 2290. The zero-order valence-corrected chi connectivity index (χ0v) is 27.1. The molecule has 1 heterocycles. The van der Waals surface area contributed by atoms with E-state index in [1.54, 1.807) is 5.57 Å². The van der Waals surface area contributed by atoms with Crippen molar-refractivity contribution in [2.75, 3.05) is 0 Å². The Morgan fingerprint density at radius 1 is 0.469 bits per heavy atom. The Labute approximate surface area is 287 Å². The molecule has 1 fully saturated rings. The average molecular weight is 627 g/mol. The first kappa shape index (κ1) is 28.2. The van der Waals surface area contributed by atoms with Crippen molar-refractivity contribution in [3.05, 3.63) is 192 Å². The highest BCUT2D eigenvalue weighted by molar-refractivity contribution is 5.94. The highest BCUT2D eigenvalue weighted by Gasteiger charge is 2.50. The Kier molecular flexibility index (Phi) is 6.55. The van der Waals surface area contributed by atoms with Crippen LogP contribution in [0, 0.1) is 17.8 Å². The molecule has 0 spiro atoms. The van der Waals surface area contributed by atoms with Gasteiger partial charge in [0.05, 0.1) is 11.4 Å². The second-order valence-corrected chi connectivity index (χ2v) is 13.7. The molecule has 0 radical (unpaired) electrons. The van der Waals surface area contributed by atoms with Crippen LogP contribution >= 0.6 is 0 Å². The molecule has 0 aliphatic heterocycles. The van der Waals surface area contributed by atoms with Crippen LogP contribution in [0.4, 0.5) is 0 Å². The molecule has 4 unspecified atom stereocenters. The van der Waals surface area contributed by atoms with Crippen LogP contribution in [-0.4, -0.2) is 9.97 Å². The largest absolute Gasteiger partial charge is 0.228 e. The van der Waals surface area contributed by atoms with Gasteiger partial charge in [-0.25, -0.2) is 9.97 Å². The van der Waals surface area contributed by atoms with Crippen molar-refractivity contribution in [2.45, 2.75) is 12.3 Å². The number of aromatic nitrogens is 2. The van der Waals surface area contributed by atoms with Gasteiger partial charge >= 0.3 is 0 Å². The lowest BCUT2D eigenvalue weighted by Gasteiger charge is -2.37. The number of benzene rings is 5. The second-order valence-electron chi connectivity index (χ2n) is 13.7. The number of nitrogens with zero attached hydrogens (tertiary/aromatic N) is 2. The second kappa shape index (κ2) is 11.4. The summed E-state index contributed by atoms with van der Waals surface area (Å²) in [7, 11) is 0. The molecule has 6 aromatic rings. The molecule has 5 aromatic carbocycles. The highest BCUT2D eigenvalue weighted by atomic mass is 14.9. The number of hydrogen-bond donors (Lipinski definition) is 0. The predicted octanol–water partition coefficient (Wildman–Crippen LogP) is 11.5. The van der Waals surface area contributed by atoms with Crippen LogP contribution in [0.2, 0.25) is 0 Å². The fourth-order valence-electron chi connectivity index (χ4n) is 8.38. The fraction of sp³-hybridized carbons (Fsp3) is 0.106. The number of allylic oxidation sites excluding steroid dienone is 8. The summed E-state index contributed by atoms with van der Waals surface area (Å²) in [5, 5.41) is 0. The first-order chi connectivity index (χ1) is 24.3. The summed E-state index contributed by atoms with van der Waals surface area (Å²) in [6.07, 6.45) is 13.1.